The van der Waals surface area contributed by atoms with Gasteiger partial charge < -0.3 is 14.2 Å². The van der Waals surface area contributed by atoms with Gasteiger partial charge in [0.1, 0.15) is 24.1 Å². The number of benzene rings is 1. The molecular formula is C35H42ClFN4O5. The summed E-state index contributed by atoms with van der Waals surface area (Å²) in [5, 5.41) is 0.602. The number of hydrogen-bond donors (Lipinski definition) is 0. The Labute approximate surface area is 274 Å². The van der Waals surface area contributed by atoms with Crippen LogP contribution in [0.15, 0.2) is 47.7 Å². The number of nitrogens with zero attached hydrogens (tertiary/aromatic N) is 4. The lowest BCUT2D eigenvalue weighted by Crippen LogP contribution is -2.32. The van der Waals surface area contributed by atoms with Crippen LogP contribution in [-0.2, 0) is 19.0 Å². The molecule has 0 radical (unpaired) electrons. The van der Waals surface area contributed by atoms with E-state index in [1.165, 1.54) is 0 Å². The molecule has 1 aliphatic heterocycles. The molecule has 4 unspecified atom stereocenters. The summed E-state index contributed by atoms with van der Waals surface area (Å²) < 4.78 is 33.6. The molecule has 5 atom stereocenters. The molecule has 2 aliphatic rings. The summed E-state index contributed by atoms with van der Waals surface area (Å²) in [5.74, 6) is -0.562. The Morgan fingerprint density at radius 3 is 2.52 bits per heavy atom. The second-order valence-corrected chi connectivity index (χ2v) is 12.6. The minimum absolute atomic E-state index is 0.0455. The zero-order chi connectivity index (χ0) is 33.0. The van der Waals surface area contributed by atoms with Gasteiger partial charge >= 0.3 is 12.1 Å². The second-order valence-electron chi connectivity index (χ2n) is 12.2. The van der Waals surface area contributed by atoms with Crippen LogP contribution in [0.2, 0.25) is 5.02 Å². The first kappa shape index (κ1) is 33.6. The van der Waals surface area contributed by atoms with E-state index in [0.717, 1.165) is 22.5 Å². The van der Waals surface area contributed by atoms with Crippen molar-refractivity contribution in [3.8, 4) is 5.69 Å². The van der Waals surface area contributed by atoms with E-state index in [1.54, 1.807) is 12.4 Å². The molecule has 2 aromatic heterocycles. The summed E-state index contributed by atoms with van der Waals surface area (Å²) in [6, 6.07) is 8.99. The quantitative estimate of drug-likeness (QED) is 0.152. The molecule has 3 heterocycles. The van der Waals surface area contributed by atoms with E-state index in [0.29, 0.717) is 47.9 Å². The summed E-state index contributed by atoms with van der Waals surface area (Å²) in [6.45, 7) is 9.65. The number of pyridine rings is 1. The van der Waals surface area contributed by atoms with Gasteiger partial charge in [0.05, 0.1) is 17.1 Å². The average Bonchev–Trinajstić information content (AvgIpc) is 3.59. The highest BCUT2D eigenvalue weighted by Gasteiger charge is 2.41. The van der Waals surface area contributed by atoms with E-state index in [9.17, 15) is 14.0 Å². The molecule has 1 aliphatic carbocycles. The molecule has 3 aromatic rings. The summed E-state index contributed by atoms with van der Waals surface area (Å²) in [7, 11) is 0. The maximum atomic E-state index is 14.8. The first-order valence-corrected chi connectivity index (χ1v) is 16.6. The Morgan fingerprint density at radius 2 is 1.85 bits per heavy atom. The van der Waals surface area contributed by atoms with E-state index < -0.39 is 36.5 Å². The van der Waals surface area contributed by atoms with Crippen molar-refractivity contribution in [2.75, 3.05) is 0 Å². The Bertz CT molecular complexity index is 1570. The summed E-state index contributed by atoms with van der Waals surface area (Å²) >= 11 is 6.61. The minimum Gasteiger partial charge on any atom is -0.431 e. The van der Waals surface area contributed by atoms with E-state index in [2.05, 4.69) is 4.98 Å². The Morgan fingerprint density at radius 1 is 1.07 bits per heavy atom. The van der Waals surface area contributed by atoms with Gasteiger partial charge in [-0.25, -0.2) is 14.2 Å². The third-order valence-corrected chi connectivity index (χ3v) is 9.45. The van der Waals surface area contributed by atoms with Crippen LogP contribution in [0.25, 0.3) is 5.69 Å². The average molecular weight is 653 g/mol. The van der Waals surface area contributed by atoms with Crippen molar-refractivity contribution in [3.05, 3.63) is 76.1 Å². The number of rotatable bonds is 11. The molecule has 1 fully saturated rings. The van der Waals surface area contributed by atoms with Crippen molar-refractivity contribution in [1.29, 1.82) is 0 Å². The number of alkyl halides is 1. The first-order valence-electron chi connectivity index (χ1n) is 16.2. The minimum atomic E-state index is -1.25. The van der Waals surface area contributed by atoms with Crippen LogP contribution in [-0.4, -0.2) is 50.9 Å². The number of aromatic nitrogens is 3. The van der Waals surface area contributed by atoms with Crippen LogP contribution in [0.4, 0.5) is 9.18 Å². The van der Waals surface area contributed by atoms with Crippen LogP contribution >= 0.6 is 11.6 Å². The fourth-order valence-electron chi connectivity index (χ4n) is 6.36. The third kappa shape index (κ3) is 7.27. The molecular weight excluding hydrogens is 611 g/mol. The SMILES string of the molecule is CCC(CC)OC(=O)OC(OC(=O)CC[C@@H]1N=C(c2ccccn2)c2cc(Cl)c(C)cc2-n2c(C)cnc21)C1CC(F)C(CC)C1. The molecule has 246 valence electrons. The van der Waals surface area contributed by atoms with E-state index in [1.807, 2.05) is 69.5 Å². The third-order valence-electron chi connectivity index (χ3n) is 9.04. The van der Waals surface area contributed by atoms with Crippen LogP contribution in [0.5, 0.6) is 0 Å². The number of esters is 1. The molecule has 0 bridgehead atoms. The standard InChI is InChI=1S/C35H42ClFN4O5/c1-6-22-16-23(17-27(22)37)34(46-35(43)44-24(7-2)8-3)45-31(42)13-12-29-33-39-19-21(5)41(33)30-15-20(4)26(36)18-25(30)32(40-29)28-11-9-10-14-38-28/h9-11,14-15,18-19,22-24,27,29,34H,6-8,12-13,16-17H2,1-5H3/t22?,23?,27?,29-,34?/m0/s1. The molecule has 5 rings (SSSR count). The van der Waals surface area contributed by atoms with Crippen molar-refractivity contribution < 1.29 is 28.2 Å². The van der Waals surface area contributed by atoms with Crippen molar-refractivity contribution >= 4 is 29.4 Å². The number of carbonyl (C=O) groups is 2. The van der Waals surface area contributed by atoms with Crippen molar-refractivity contribution in [1.82, 2.24) is 14.5 Å². The number of aryl methyl sites for hydroxylation is 2. The molecule has 0 saturated heterocycles. The molecule has 1 saturated carbocycles. The second kappa shape index (κ2) is 14.8. The number of fused-ring (bicyclic) bond motifs is 3. The smallest absolute Gasteiger partial charge is 0.431 e. The van der Waals surface area contributed by atoms with Crippen molar-refractivity contribution in [2.45, 2.75) is 104 Å². The predicted octanol–water partition coefficient (Wildman–Crippen LogP) is 8.20. The largest absolute Gasteiger partial charge is 0.511 e. The number of hydrogen-bond acceptors (Lipinski definition) is 8. The maximum absolute atomic E-state index is 14.8. The van der Waals surface area contributed by atoms with Gasteiger partial charge in [0.15, 0.2) is 0 Å². The van der Waals surface area contributed by atoms with Crippen LogP contribution in [0, 0.1) is 25.7 Å². The van der Waals surface area contributed by atoms with E-state index in [4.69, 9.17) is 35.8 Å². The highest BCUT2D eigenvalue weighted by molar-refractivity contribution is 6.32. The van der Waals surface area contributed by atoms with Crippen molar-refractivity contribution in [2.24, 2.45) is 16.8 Å². The fraction of sp³-hybridized carbons (Fsp3) is 0.514. The van der Waals surface area contributed by atoms with E-state index >= 15 is 0 Å². The number of imidazole rings is 1. The summed E-state index contributed by atoms with van der Waals surface area (Å²) in [4.78, 5) is 40.5. The molecule has 0 spiro atoms. The number of ether oxygens (including phenoxy) is 3. The topological polar surface area (TPSA) is 105 Å². The lowest BCUT2D eigenvalue weighted by atomic mass is 10.0. The fourth-order valence-corrected chi connectivity index (χ4v) is 6.53. The summed E-state index contributed by atoms with van der Waals surface area (Å²) in [6.07, 6.45) is 2.65. The number of carbonyl (C=O) groups excluding carboxylic acids is 2. The molecule has 11 heteroatoms. The van der Waals surface area contributed by atoms with Crippen LogP contribution in [0.1, 0.15) is 100 Å². The van der Waals surface area contributed by atoms with Gasteiger partial charge in [-0.1, -0.05) is 44.9 Å². The predicted molar refractivity (Wildman–Crippen MR) is 173 cm³/mol. The molecule has 0 amide bonds. The molecule has 0 N–H and O–H groups in total. The Hall–Kier alpha value is -3.79. The summed E-state index contributed by atoms with van der Waals surface area (Å²) in [5.41, 5.74) is 4.79. The van der Waals surface area contributed by atoms with E-state index in [-0.39, 0.29) is 31.3 Å². The Kier molecular flexibility index (Phi) is 10.8. The normalized spacial score (nSPS) is 21.2. The zero-order valence-electron chi connectivity index (χ0n) is 27.0. The first-order chi connectivity index (χ1) is 22.1. The van der Waals surface area contributed by atoms with Gasteiger partial charge in [0, 0.05) is 41.0 Å². The van der Waals surface area contributed by atoms with Gasteiger partial charge in [0.25, 0.3) is 6.29 Å². The van der Waals surface area contributed by atoms with Crippen molar-refractivity contribution in [3.63, 3.8) is 0 Å². The van der Waals surface area contributed by atoms with Crippen LogP contribution < -0.4 is 0 Å². The number of halogens is 2. The highest BCUT2D eigenvalue weighted by atomic mass is 35.5. The highest BCUT2D eigenvalue weighted by Crippen LogP contribution is 2.40. The lowest BCUT2D eigenvalue weighted by Gasteiger charge is -2.24. The van der Waals surface area contributed by atoms with Crippen LogP contribution in [0.3, 0.4) is 0 Å². The van der Waals surface area contributed by atoms with Gasteiger partial charge in [0.2, 0.25) is 0 Å². The zero-order valence-corrected chi connectivity index (χ0v) is 27.8. The van der Waals surface area contributed by atoms with Gasteiger partial charge in [-0.05, 0) is 81.7 Å². The Balaban J connectivity index is 1.40. The number of aliphatic imine (C=N–C) groups is 1. The van der Waals surface area contributed by atoms with Gasteiger partial charge in [-0.2, -0.15) is 0 Å². The van der Waals surface area contributed by atoms with Gasteiger partial charge in [-0.15, -0.1) is 0 Å². The van der Waals surface area contributed by atoms with Gasteiger partial charge in [-0.3, -0.25) is 19.3 Å². The molecule has 46 heavy (non-hydrogen) atoms. The lowest BCUT2D eigenvalue weighted by molar-refractivity contribution is -0.183. The monoisotopic (exact) mass is 652 g/mol. The maximum Gasteiger partial charge on any atom is 0.511 e. The molecule has 9 nitrogen and oxygen atoms in total. The molecule has 1 aromatic carbocycles.